The maximum atomic E-state index is 12.4. The minimum Gasteiger partial charge on any atom is -0.339 e. The minimum absolute atomic E-state index is 0.0146. The summed E-state index contributed by atoms with van der Waals surface area (Å²) in [5, 5.41) is 2.89. The van der Waals surface area contributed by atoms with Gasteiger partial charge in [0.2, 0.25) is 5.91 Å². The Morgan fingerprint density at radius 3 is 2.20 bits per heavy atom. The Morgan fingerprint density at radius 1 is 1.04 bits per heavy atom. The Balaban J connectivity index is 1.74. The van der Waals surface area contributed by atoms with E-state index in [2.05, 4.69) is 43.4 Å². The molecule has 1 fully saturated rings. The molecule has 3 amide bonds. The van der Waals surface area contributed by atoms with E-state index in [-0.39, 0.29) is 11.9 Å². The third-order valence-electron chi connectivity index (χ3n) is 4.72. The van der Waals surface area contributed by atoms with E-state index in [1.807, 2.05) is 11.8 Å². The van der Waals surface area contributed by atoms with Gasteiger partial charge in [0.15, 0.2) is 0 Å². The molecule has 2 rings (SSSR count). The normalized spacial score (nSPS) is 14.7. The van der Waals surface area contributed by atoms with Crippen LogP contribution in [0.1, 0.15) is 50.7 Å². The summed E-state index contributed by atoms with van der Waals surface area (Å²) in [4.78, 5) is 28.0. The molecule has 0 aliphatic carbocycles. The van der Waals surface area contributed by atoms with Crippen LogP contribution in [0.2, 0.25) is 0 Å². The Bertz CT molecular complexity index is 561. The number of aryl methyl sites for hydroxylation is 1. The number of urea groups is 1. The number of carbonyl (C=O) groups is 2. The van der Waals surface area contributed by atoms with Gasteiger partial charge >= 0.3 is 6.03 Å². The fourth-order valence-corrected chi connectivity index (χ4v) is 2.98. The molecule has 138 valence electrons. The van der Waals surface area contributed by atoms with Crippen LogP contribution in [0.4, 0.5) is 4.79 Å². The van der Waals surface area contributed by atoms with Gasteiger partial charge in [0.1, 0.15) is 0 Å². The number of carbonyl (C=O) groups excluding carboxylic acids is 2. The summed E-state index contributed by atoms with van der Waals surface area (Å²) in [6.07, 6.45) is 2.24. The summed E-state index contributed by atoms with van der Waals surface area (Å²) in [6.45, 7) is 9.59. The van der Waals surface area contributed by atoms with Crippen LogP contribution >= 0.6 is 0 Å². The zero-order valence-electron chi connectivity index (χ0n) is 15.8. The maximum absolute atomic E-state index is 12.4. The standard InChI is InChI=1S/C20H31N3O2/c1-4-11-21-20(25)23-14-12-22(13-15-23)19(24)10-7-17-5-8-18(9-6-17)16(2)3/h5-6,8-9,16H,4,7,10-15H2,1-3H3,(H,21,25). The lowest BCUT2D eigenvalue weighted by molar-refractivity contribution is -0.132. The lowest BCUT2D eigenvalue weighted by atomic mass is 10.00. The quantitative estimate of drug-likeness (QED) is 0.862. The molecular weight excluding hydrogens is 314 g/mol. The zero-order chi connectivity index (χ0) is 18.2. The molecule has 0 saturated carbocycles. The largest absolute Gasteiger partial charge is 0.339 e. The molecule has 1 saturated heterocycles. The van der Waals surface area contributed by atoms with Gasteiger partial charge in [0.25, 0.3) is 0 Å². The third-order valence-corrected chi connectivity index (χ3v) is 4.72. The highest BCUT2D eigenvalue weighted by atomic mass is 16.2. The average Bonchev–Trinajstić information content (AvgIpc) is 2.64. The van der Waals surface area contributed by atoms with Crippen molar-refractivity contribution in [2.45, 2.75) is 46.0 Å². The highest BCUT2D eigenvalue weighted by molar-refractivity contribution is 5.78. The first kappa shape index (κ1) is 19.3. The van der Waals surface area contributed by atoms with Crippen molar-refractivity contribution in [1.29, 1.82) is 0 Å². The molecule has 1 aromatic carbocycles. The molecule has 1 aliphatic heterocycles. The number of rotatable bonds is 6. The first-order valence-electron chi connectivity index (χ1n) is 9.40. The van der Waals surface area contributed by atoms with Crippen molar-refractivity contribution in [3.8, 4) is 0 Å². The summed E-state index contributed by atoms with van der Waals surface area (Å²) >= 11 is 0. The van der Waals surface area contributed by atoms with E-state index in [4.69, 9.17) is 0 Å². The first-order chi connectivity index (χ1) is 12.0. The van der Waals surface area contributed by atoms with Crippen LogP contribution in [-0.2, 0) is 11.2 Å². The molecule has 0 bridgehead atoms. The number of hydrogen-bond donors (Lipinski definition) is 1. The smallest absolute Gasteiger partial charge is 0.317 e. The zero-order valence-corrected chi connectivity index (χ0v) is 15.8. The molecule has 25 heavy (non-hydrogen) atoms. The molecule has 1 aliphatic rings. The number of hydrogen-bond acceptors (Lipinski definition) is 2. The number of nitrogens with zero attached hydrogens (tertiary/aromatic N) is 2. The van der Waals surface area contributed by atoms with Crippen LogP contribution in [-0.4, -0.2) is 54.5 Å². The minimum atomic E-state index is -0.0146. The summed E-state index contributed by atoms with van der Waals surface area (Å²) in [7, 11) is 0. The van der Waals surface area contributed by atoms with Crippen molar-refractivity contribution < 1.29 is 9.59 Å². The summed E-state index contributed by atoms with van der Waals surface area (Å²) in [5.74, 6) is 0.711. The van der Waals surface area contributed by atoms with E-state index in [9.17, 15) is 9.59 Å². The van der Waals surface area contributed by atoms with Crippen molar-refractivity contribution in [1.82, 2.24) is 15.1 Å². The van der Waals surface area contributed by atoms with Gasteiger partial charge in [-0.2, -0.15) is 0 Å². The fraction of sp³-hybridized carbons (Fsp3) is 0.600. The lowest BCUT2D eigenvalue weighted by Gasteiger charge is -2.34. The number of amides is 3. The van der Waals surface area contributed by atoms with Crippen LogP contribution in [0.25, 0.3) is 0 Å². The van der Waals surface area contributed by atoms with Crippen molar-refractivity contribution in [2.75, 3.05) is 32.7 Å². The maximum Gasteiger partial charge on any atom is 0.317 e. The second kappa shape index (κ2) is 9.44. The van der Waals surface area contributed by atoms with Gasteiger partial charge in [-0.15, -0.1) is 0 Å². The van der Waals surface area contributed by atoms with E-state index in [1.54, 1.807) is 4.90 Å². The highest BCUT2D eigenvalue weighted by Crippen LogP contribution is 2.16. The van der Waals surface area contributed by atoms with Gasteiger partial charge in [-0.05, 0) is 29.9 Å². The van der Waals surface area contributed by atoms with Crippen LogP contribution in [0.15, 0.2) is 24.3 Å². The second-order valence-corrected chi connectivity index (χ2v) is 7.00. The van der Waals surface area contributed by atoms with E-state index in [0.717, 1.165) is 12.8 Å². The highest BCUT2D eigenvalue weighted by Gasteiger charge is 2.23. The van der Waals surface area contributed by atoms with Crippen molar-refractivity contribution in [2.24, 2.45) is 0 Å². The second-order valence-electron chi connectivity index (χ2n) is 7.00. The van der Waals surface area contributed by atoms with Gasteiger partial charge in [-0.25, -0.2) is 4.79 Å². The molecule has 1 N–H and O–H groups in total. The number of piperazine rings is 1. The van der Waals surface area contributed by atoms with Crippen LogP contribution in [0, 0.1) is 0 Å². The summed E-state index contributed by atoms with van der Waals surface area (Å²) in [5.41, 5.74) is 2.53. The molecule has 0 spiro atoms. The predicted octanol–water partition coefficient (Wildman–Crippen LogP) is 3.01. The summed E-state index contributed by atoms with van der Waals surface area (Å²) < 4.78 is 0. The van der Waals surface area contributed by atoms with E-state index in [1.165, 1.54) is 11.1 Å². The van der Waals surface area contributed by atoms with Gasteiger partial charge in [-0.1, -0.05) is 45.0 Å². The van der Waals surface area contributed by atoms with E-state index < -0.39 is 0 Å². The van der Waals surface area contributed by atoms with Crippen molar-refractivity contribution >= 4 is 11.9 Å². The van der Waals surface area contributed by atoms with Crippen LogP contribution < -0.4 is 5.32 Å². The molecule has 1 aromatic rings. The van der Waals surface area contributed by atoms with Crippen molar-refractivity contribution in [3.63, 3.8) is 0 Å². The predicted molar refractivity (Wildman–Crippen MR) is 101 cm³/mol. The van der Waals surface area contributed by atoms with E-state index >= 15 is 0 Å². The number of nitrogens with one attached hydrogen (secondary N) is 1. The lowest BCUT2D eigenvalue weighted by Crippen LogP contribution is -2.53. The van der Waals surface area contributed by atoms with Crippen LogP contribution in [0.5, 0.6) is 0 Å². The molecule has 0 radical (unpaired) electrons. The Hall–Kier alpha value is -2.04. The topological polar surface area (TPSA) is 52.7 Å². The number of benzene rings is 1. The third kappa shape index (κ3) is 5.76. The fourth-order valence-electron chi connectivity index (χ4n) is 2.98. The molecule has 1 heterocycles. The molecule has 0 aromatic heterocycles. The van der Waals surface area contributed by atoms with Gasteiger partial charge in [0.05, 0.1) is 0 Å². The first-order valence-corrected chi connectivity index (χ1v) is 9.40. The van der Waals surface area contributed by atoms with Crippen molar-refractivity contribution in [3.05, 3.63) is 35.4 Å². The Kier molecular flexibility index (Phi) is 7.29. The molecule has 5 heteroatoms. The molecule has 5 nitrogen and oxygen atoms in total. The van der Waals surface area contributed by atoms with Gasteiger partial charge in [0, 0.05) is 39.1 Å². The molecular formula is C20H31N3O2. The van der Waals surface area contributed by atoms with E-state index in [0.29, 0.717) is 45.1 Å². The Labute approximate surface area is 151 Å². The summed E-state index contributed by atoms with van der Waals surface area (Å²) in [6, 6.07) is 8.53. The van der Waals surface area contributed by atoms with Gasteiger partial charge in [-0.3, -0.25) is 4.79 Å². The Morgan fingerprint density at radius 2 is 1.64 bits per heavy atom. The SMILES string of the molecule is CCCNC(=O)N1CCN(C(=O)CCc2ccc(C(C)C)cc2)CC1. The van der Waals surface area contributed by atoms with Crippen LogP contribution in [0.3, 0.4) is 0 Å². The monoisotopic (exact) mass is 345 g/mol. The molecule has 0 atom stereocenters. The van der Waals surface area contributed by atoms with Gasteiger partial charge < -0.3 is 15.1 Å². The molecule has 0 unspecified atom stereocenters. The average molecular weight is 345 g/mol.